The Bertz CT molecular complexity index is 3600. The third-order valence-electron chi connectivity index (χ3n) is 24.9. The van der Waals surface area contributed by atoms with Crippen molar-refractivity contribution >= 4 is 0 Å². The fourth-order valence-electron chi connectivity index (χ4n) is 18.0. The van der Waals surface area contributed by atoms with E-state index in [1.807, 2.05) is 0 Å². The number of rotatable bonds is 33. The Kier molecular flexibility index (Phi) is 25.4. The first-order chi connectivity index (χ1) is 57.4. The first-order valence-corrected chi connectivity index (χ1v) is 38.9. The van der Waals surface area contributed by atoms with Crippen LogP contribution in [-0.2, 0) is 124 Å². The molecule has 121 heavy (non-hydrogen) atoms. The summed E-state index contributed by atoms with van der Waals surface area (Å²) in [7, 11) is 0. The first kappa shape index (κ1) is 90.1. The van der Waals surface area contributed by atoms with Crippen LogP contribution < -0.4 is 0 Å². The molecule has 49 heteroatoms. The van der Waals surface area contributed by atoms with Gasteiger partial charge in [-0.15, -0.1) is 0 Å². The maximum Gasteiger partial charge on any atom is 0.201 e. The highest BCUT2D eigenvalue weighted by Crippen LogP contribution is 2.65. The van der Waals surface area contributed by atoms with E-state index < -0.39 is 372 Å². The lowest BCUT2D eigenvalue weighted by molar-refractivity contribution is -0.316. The molecular weight excluding hydrogens is 1640 g/mol. The van der Waals surface area contributed by atoms with Gasteiger partial charge in [0.25, 0.3) is 0 Å². The van der Waals surface area contributed by atoms with Gasteiger partial charge in [-0.3, -0.25) is 18.6 Å². The average Bonchev–Trinajstić information content (AvgIpc) is 1.53. The Morgan fingerprint density at radius 3 is 0.529 bits per heavy atom. The lowest BCUT2D eigenvalue weighted by Crippen LogP contribution is -2.59. The van der Waals surface area contributed by atoms with E-state index in [1.54, 1.807) is 0 Å². The minimum atomic E-state index is -2.08. The lowest BCUT2D eigenvalue weighted by atomic mass is 9.84. The summed E-state index contributed by atoms with van der Waals surface area (Å²) in [5.74, 6) is -4.73. The predicted octanol–water partition coefficient (Wildman–Crippen LogP) is -15.1. The van der Waals surface area contributed by atoms with E-state index in [0.717, 1.165) is 13.7 Å². The van der Waals surface area contributed by atoms with Crippen LogP contribution in [0.15, 0.2) is 36.5 Å². The van der Waals surface area contributed by atoms with Crippen molar-refractivity contribution in [2.45, 2.75) is 237 Å². The summed E-state index contributed by atoms with van der Waals surface area (Å²) in [6.07, 6.45) is -46.7. The molecule has 49 nitrogen and oxygen atoms in total. The molecule has 18 unspecified atom stereocenters. The topological polar surface area (TPSA) is 763 Å². The summed E-state index contributed by atoms with van der Waals surface area (Å²) in [4.78, 5) is 1.51. The van der Waals surface area contributed by atoms with Gasteiger partial charge in [-0.05, 0) is 36.5 Å². The number of aromatic nitrogens is 3. The van der Waals surface area contributed by atoms with Gasteiger partial charge in [0.2, 0.25) is 35.3 Å². The second-order valence-corrected chi connectivity index (χ2v) is 32.2. The smallest absolute Gasteiger partial charge is 0.201 e. The normalized spacial score (nSPS) is 44.4. The van der Waals surface area contributed by atoms with Gasteiger partial charge in [-0.2, -0.15) is 0 Å². The van der Waals surface area contributed by atoms with Crippen molar-refractivity contribution in [3.63, 3.8) is 0 Å². The van der Waals surface area contributed by atoms with Crippen LogP contribution in [0.4, 0.5) is 0 Å². The SMILES string of the molecule is OCC1O[C@@H](OCC23C=CC(CO[C@@H]4OC(CO)[C@H](O)[C@H](O)C4O)(O2)c2c3c(O)n(CCN(CCn3c(O)c4c(c3O)C3(CO[C@@H]5OC(CO)[C@H](O)[C@H](O)C5O)C=CC4(CO[C@@H]4OC(CO)[C@H](O)[C@H](O)C4O)O3)CCn3c(O)c4c(c3O)C3(CO[C@@H]5OC(CO)[C@H](O)[C@H](O)C5O)C=CC4(CO[C@@H]4OC(CO)[C@H](O)[C@H](O)C4O)O3)c2O)C(O)[C@@H](O)[C@H]1O. The highest BCUT2D eigenvalue weighted by Gasteiger charge is 2.67. The number of fused-ring (bicyclic) bond motifs is 15. The van der Waals surface area contributed by atoms with Gasteiger partial charge in [-0.1, -0.05) is 0 Å². The lowest BCUT2D eigenvalue weighted by Gasteiger charge is -2.41. The zero-order valence-corrected chi connectivity index (χ0v) is 63.8. The van der Waals surface area contributed by atoms with Crippen LogP contribution in [0.2, 0.25) is 0 Å². The maximum atomic E-state index is 12.7. The molecule has 3 aromatic rings. The van der Waals surface area contributed by atoms with E-state index in [2.05, 4.69) is 0 Å². The summed E-state index contributed by atoms with van der Waals surface area (Å²) in [6, 6.07) is 0. The fraction of sp³-hybridized carbons (Fsp3) is 0.750. The summed E-state index contributed by atoms with van der Waals surface area (Å²) in [5, 5.41) is 331. The number of aromatic hydroxyl groups is 6. The Morgan fingerprint density at radius 1 is 0.240 bits per heavy atom. The van der Waals surface area contributed by atoms with E-state index in [4.69, 9.17) is 71.1 Å². The molecule has 6 saturated heterocycles. The zero-order chi connectivity index (χ0) is 87.1. The average molecular weight is 1740 g/mol. The van der Waals surface area contributed by atoms with Gasteiger partial charge in [-0.25, -0.2) is 0 Å². The molecule has 12 aliphatic heterocycles. The van der Waals surface area contributed by atoms with Crippen LogP contribution in [0.3, 0.4) is 0 Å². The Labute approximate surface area is 682 Å². The molecule has 36 atom stereocenters. The van der Waals surface area contributed by atoms with Gasteiger partial charge in [0.1, 0.15) is 180 Å². The molecule has 12 aliphatic rings. The third kappa shape index (κ3) is 14.8. The van der Waals surface area contributed by atoms with Crippen molar-refractivity contribution in [3.8, 4) is 35.3 Å². The first-order valence-electron chi connectivity index (χ1n) is 38.9. The molecule has 0 aliphatic carbocycles. The van der Waals surface area contributed by atoms with E-state index in [1.165, 1.54) is 41.4 Å². The van der Waals surface area contributed by atoms with Crippen LogP contribution in [-0.4, -0.2) is 455 Å². The quantitative estimate of drug-likeness (QED) is 0.0252. The van der Waals surface area contributed by atoms with Crippen LogP contribution >= 0.6 is 0 Å². The number of ether oxygens (including phenoxy) is 15. The standard InChI is InChI=1S/C72H102N4O45/c77-13-25-37(83)43(89)49(95)61(113-25)107-19-67-1-2-68(119-67,20-108-62-50(96)44(90)38(84)26(14-78)114-62)32-31(67)55(101)74(56(32)102)10-7-73(8-11-75-57(103)33-34(58(75)104)70(22-110-64-52(98)46(92)40(86)28(16-80)116-64)4-3-69(33,120-70)21-109-63-51(97)45(91)39(85)27(15-79)115-63)9-12-76-59(105)35-36(60(76)106)72(24-112-66-54(100)48(94)42(88)30(18-82)118-66)6-5-71(35,121-72)23-111-65-53(99)47(93)41(87)29(17-81)117-65/h1-6,25-30,37-54,61-66,77-106H,7-24H2/t25?,26?,27?,28?,29?,30?,37-,38-,39-,40-,41-,42-,43-,44-,45-,46-,47-,48-,49?,50?,51?,52?,53?,54?,61+,62+,63+,64+,65+,66+,67?,68?,69?,70?,71?,72?/m0/s1. The Balaban J connectivity index is 0.791. The van der Waals surface area contributed by atoms with Crippen molar-refractivity contribution in [2.24, 2.45) is 0 Å². The van der Waals surface area contributed by atoms with Crippen LogP contribution in [0.5, 0.6) is 35.3 Å². The summed E-state index contributed by atoms with van der Waals surface area (Å²) < 4.78 is 92.5. The highest BCUT2D eigenvalue weighted by atomic mass is 16.8. The molecule has 6 fully saturated rings. The number of hydrogen-bond acceptors (Lipinski definition) is 46. The van der Waals surface area contributed by atoms with Crippen LogP contribution in [0.25, 0.3) is 0 Å². The van der Waals surface area contributed by atoms with Gasteiger partial charge in [0.15, 0.2) is 37.7 Å². The van der Waals surface area contributed by atoms with Gasteiger partial charge >= 0.3 is 0 Å². The highest BCUT2D eigenvalue weighted by molar-refractivity contribution is 5.64. The molecule has 0 amide bonds. The van der Waals surface area contributed by atoms with Crippen molar-refractivity contribution in [2.75, 3.05) is 98.9 Å². The summed E-state index contributed by atoms with van der Waals surface area (Å²) in [6.45, 7) is -13.0. The zero-order valence-electron chi connectivity index (χ0n) is 63.8. The molecule has 0 saturated carbocycles. The second-order valence-electron chi connectivity index (χ2n) is 32.2. The van der Waals surface area contributed by atoms with Crippen LogP contribution in [0, 0.1) is 0 Å². The Morgan fingerprint density at radius 2 is 0.388 bits per heavy atom. The van der Waals surface area contributed by atoms with Gasteiger partial charge in [0, 0.05) is 39.3 Å². The van der Waals surface area contributed by atoms with E-state index in [-0.39, 0.29) is 33.4 Å². The molecule has 0 spiro atoms. The van der Waals surface area contributed by atoms with Crippen molar-refractivity contribution in [3.05, 3.63) is 69.8 Å². The minimum absolute atomic E-state index is 0.270. The molecule has 3 aromatic heterocycles. The molecule has 15 heterocycles. The molecule has 680 valence electrons. The fourth-order valence-corrected chi connectivity index (χ4v) is 18.0. The number of nitrogens with zero attached hydrogens (tertiary/aromatic N) is 4. The minimum Gasteiger partial charge on any atom is -0.494 e. The van der Waals surface area contributed by atoms with E-state index in [9.17, 15) is 153 Å². The largest absolute Gasteiger partial charge is 0.494 e. The molecule has 6 bridgehead atoms. The predicted molar refractivity (Wildman–Crippen MR) is 379 cm³/mol. The Hall–Kier alpha value is -5.74. The second kappa shape index (κ2) is 34.1. The maximum absolute atomic E-state index is 12.7. The summed E-state index contributed by atoms with van der Waals surface area (Å²) in [5.41, 5.74) is -14.1. The number of aliphatic hydroxyl groups is 24. The van der Waals surface area contributed by atoms with E-state index >= 15 is 0 Å². The van der Waals surface area contributed by atoms with Crippen molar-refractivity contribution in [1.82, 2.24) is 18.6 Å². The van der Waals surface area contributed by atoms with E-state index in [0.29, 0.717) is 0 Å². The number of hydrogen-bond donors (Lipinski definition) is 30. The molecule has 30 N–H and O–H groups in total. The van der Waals surface area contributed by atoms with Crippen molar-refractivity contribution < 1.29 is 224 Å². The molecule has 0 radical (unpaired) electrons. The molecular formula is C72H102N4O45. The molecule has 0 aromatic carbocycles. The third-order valence-corrected chi connectivity index (χ3v) is 24.9. The monoisotopic (exact) mass is 1740 g/mol. The summed E-state index contributed by atoms with van der Waals surface area (Å²) >= 11 is 0. The van der Waals surface area contributed by atoms with Gasteiger partial charge < -0.3 is 224 Å². The number of aliphatic hydroxyl groups excluding tert-OH is 24. The van der Waals surface area contributed by atoms with Crippen molar-refractivity contribution in [1.29, 1.82) is 0 Å². The molecule has 15 rings (SSSR count). The van der Waals surface area contributed by atoms with Gasteiger partial charge in [0.05, 0.1) is 113 Å². The van der Waals surface area contributed by atoms with Crippen LogP contribution in [0.1, 0.15) is 33.4 Å².